The molecule has 100 valence electrons. The van der Waals surface area contributed by atoms with Gasteiger partial charge in [0.05, 0.1) is 11.8 Å². The predicted octanol–water partition coefficient (Wildman–Crippen LogP) is 2.59. The number of carbonyl (C=O) groups excluding carboxylic acids is 1. The molecule has 4 nitrogen and oxygen atoms in total. The number of anilines is 1. The maximum absolute atomic E-state index is 12.2. The van der Waals surface area contributed by atoms with E-state index in [2.05, 4.69) is 5.32 Å². The Hall–Kier alpha value is -2.62. The van der Waals surface area contributed by atoms with Crippen molar-refractivity contribution in [1.82, 2.24) is 0 Å². The molecule has 2 unspecified atom stereocenters. The van der Waals surface area contributed by atoms with E-state index in [0.717, 1.165) is 5.56 Å². The van der Waals surface area contributed by atoms with Crippen LogP contribution in [0.5, 0.6) is 0 Å². The van der Waals surface area contributed by atoms with Crippen LogP contribution in [0.4, 0.5) is 5.69 Å². The third kappa shape index (κ3) is 1.95. The van der Waals surface area contributed by atoms with E-state index in [1.807, 2.05) is 18.2 Å². The van der Waals surface area contributed by atoms with Crippen molar-refractivity contribution in [2.45, 2.75) is 11.8 Å². The fraction of sp³-hybridized carbons (Fsp3) is 0.125. The molecule has 0 saturated heterocycles. The lowest BCUT2D eigenvalue weighted by atomic mass is 9.82. The number of rotatable bonds is 3. The first-order valence-electron chi connectivity index (χ1n) is 6.36. The van der Waals surface area contributed by atoms with Crippen LogP contribution in [0, 0.1) is 0 Å². The Morgan fingerprint density at radius 1 is 1.05 bits per heavy atom. The summed E-state index contributed by atoms with van der Waals surface area (Å²) in [7, 11) is 0. The van der Waals surface area contributed by atoms with Crippen molar-refractivity contribution in [2.75, 3.05) is 5.32 Å². The summed E-state index contributed by atoms with van der Waals surface area (Å²) in [5.74, 6) is -2.82. The minimum Gasteiger partial charge on any atom is -0.481 e. The summed E-state index contributed by atoms with van der Waals surface area (Å²) in [6.45, 7) is 0. The van der Waals surface area contributed by atoms with Crippen LogP contribution in [0.15, 0.2) is 54.6 Å². The average Bonchev–Trinajstić information content (AvgIpc) is 2.77. The van der Waals surface area contributed by atoms with E-state index in [1.165, 1.54) is 0 Å². The number of carbonyl (C=O) groups is 2. The topological polar surface area (TPSA) is 66.4 Å². The van der Waals surface area contributed by atoms with Gasteiger partial charge >= 0.3 is 5.97 Å². The predicted molar refractivity (Wildman–Crippen MR) is 74.6 cm³/mol. The molecular weight excluding hydrogens is 254 g/mol. The Balaban J connectivity index is 2.09. The summed E-state index contributed by atoms with van der Waals surface area (Å²) in [6, 6.07) is 16.1. The number of aliphatic carboxylic acids is 1. The van der Waals surface area contributed by atoms with Crippen molar-refractivity contribution in [1.29, 1.82) is 0 Å². The lowest BCUT2D eigenvalue weighted by Crippen LogP contribution is -2.25. The van der Waals surface area contributed by atoms with Crippen LogP contribution < -0.4 is 5.32 Å². The number of hydrogen-bond donors (Lipinski definition) is 2. The maximum Gasteiger partial charge on any atom is 0.312 e. The number of para-hydroxylation sites is 1. The Kier molecular flexibility index (Phi) is 2.99. The second-order valence-electron chi connectivity index (χ2n) is 4.78. The summed E-state index contributed by atoms with van der Waals surface area (Å²) in [5.41, 5.74) is 2.08. The van der Waals surface area contributed by atoms with Gasteiger partial charge in [-0.25, -0.2) is 0 Å². The van der Waals surface area contributed by atoms with Gasteiger partial charge in [-0.15, -0.1) is 0 Å². The summed E-state index contributed by atoms with van der Waals surface area (Å²) < 4.78 is 0. The molecule has 0 fully saturated rings. The number of carboxylic acid groups (broad SMARTS) is 1. The van der Waals surface area contributed by atoms with E-state index < -0.39 is 17.8 Å². The van der Waals surface area contributed by atoms with Gasteiger partial charge in [-0.1, -0.05) is 48.5 Å². The molecule has 3 rings (SSSR count). The highest BCUT2D eigenvalue weighted by molar-refractivity contribution is 6.06. The maximum atomic E-state index is 12.2. The van der Waals surface area contributed by atoms with Crippen LogP contribution in [0.1, 0.15) is 23.0 Å². The van der Waals surface area contributed by atoms with E-state index in [9.17, 15) is 14.7 Å². The SMILES string of the molecule is O=C(O)C(c1ccccc1)C1C(=O)Nc2ccccc21. The molecule has 0 saturated carbocycles. The molecule has 2 aromatic carbocycles. The molecule has 1 aliphatic rings. The molecule has 0 spiro atoms. The number of amides is 1. The van der Waals surface area contributed by atoms with Crippen LogP contribution in [-0.4, -0.2) is 17.0 Å². The van der Waals surface area contributed by atoms with Gasteiger partial charge in [0.2, 0.25) is 5.91 Å². The smallest absolute Gasteiger partial charge is 0.312 e. The zero-order valence-electron chi connectivity index (χ0n) is 10.6. The van der Waals surface area contributed by atoms with Gasteiger partial charge in [-0.05, 0) is 17.2 Å². The first-order valence-corrected chi connectivity index (χ1v) is 6.36. The first kappa shape index (κ1) is 12.4. The number of fused-ring (bicyclic) bond motifs is 1. The molecule has 0 radical (unpaired) electrons. The number of nitrogens with one attached hydrogen (secondary N) is 1. The second-order valence-corrected chi connectivity index (χ2v) is 4.78. The van der Waals surface area contributed by atoms with E-state index in [1.54, 1.807) is 36.4 Å². The van der Waals surface area contributed by atoms with Crippen molar-refractivity contribution in [2.24, 2.45) is 0 Å². The van der Waals surface area contributed by atoms with E-state index in [4.69, 9.17) is 0 Å². The lowest BCUT2D eigenvalue weighted by Gasteiger charge is -2.18. The molecule has 2 aromatic rings. The molecule has 0 bridgehead atoms. The minimum absolute atomic E-state index is 0.262. The van der Waals surface area contributed by atoms with Crippen LogP contribution in [-0.2, 0) is 9.59 Å². The molecule has 0 aliphatic carbocycles. The van der Waals surface area contributed by atoms with Crippen molar-refractivity contribution < 1.29 is 14.7 Å². The monoisotopic (exact) mass is 267 g/mol. The van der Waals surface area contributed by atoms with Crippen molar-refractivity contribution in [3.8, 4) is 0 Å². The van der Waals surface area contributed by atoms with Gasteiger partial charge < -0.3 is 10.4 Å². The number of carboxylic acids is 1. The highest BCUT2D eigenvalue weighted by Gasteiger charge is 2.41. The minimum atomic E-state index is -0.993. The largest absolute Gasteiger partial charge is 0.481 e. The average molecular weight is 267 g/mol. The zero-order valence-corrected chi connectivity index (χ0v) is 10.6. The van der Waals surface area contributed by atoms with Crippen LogP contribution in [0.3, 0.4) is 0 Å². The Bertz CT molecular complexity index is 666. The summed E-state index contributed by atoms with van der Waals surface area (Å²) in [6.07, 6.45) is 0. The fourth-order valence-electron chi connectivity index (χ4n) is 2.70. The normalized spacial score (nSPS) is 18.2. The van der Waals surface area contributed by atoms with Gasteiger partial charge in [-0.2, -0.15) is 0 Å². The highest BCUT2D eigenvalue weighted by Crippen LogP contribution is 2.41. The zero-order chi connectivity index (χ0) is 14.1. The van der Waals surface area contributed by atoms with E-state index in [0.29, 0.717) is 11.3 Å². The summed E-state index contributed by atoms with van der Waals surface area (Å²) >= 11 is 0. The molecule has 0 aromatic heterocycles. The first-order chi connectivity index (χ1) is 9.68. The number of hydrogen-bond acceptors (Lipinski definition) is 2. The second kappa shape index (κ2) is 4.81. The van der Waals surface area contributed by atoms with Crippen molar-refractivity contribution in [3.05, 3.63) is 65.7 Å². The van der Waals surface area contributed by atoms with Gasteiger partial charge in [0.1, 0.15) is 0 Å². The third-order valence-corrected chi connectivity index (χ3v) is 3.59. The molecule has 2 atom stereocenters. The fourth-order valence-corrected chi connectivity index (χ4v) is 2.70. The van der Waals surface area contributed by atoms with E-state index >= 15 is 0 Å². The molecule has 1 heterocycles. The number of benzene rings is 2. The summed E-state index contributed by atoms with van der Waals surface area (Å²) in [4.78, 5) is 23.8. The van der Waals surface area contributed by atoms with Crippen LogP contribution in [0.2, 0.25) is 0 Å². The molecular formula is C16H13NO3. The molecule has 20 heavy (non-hydrogen) atoms. The lowest BCUT2D eigenvalue weighted by molar-refractivity contribution is -0.141. The highest BCUT2D eigenvalue weighted by atomic mass is 16.4. The van der Waals surface area contributed by atoms with Crippen LogP contribution in [0.25, 0.3) is 0 Å². The molecule has 1 aliphatic heterocycles. The quantitative estimate of drug-likeness (QED) is 0.898. The molecule has 2 N–H and O–H groups in total. The van der Waals surface area contributed by atoms with Gasteiger partial charge in [0.15, 0.2) is 0 Å². The third-order valence-electron chi connectivity index (χ3n) is 3.59. The molecule has 1 amide bonds. The van der Waals surface area contributed by atoms with E-state index in [-0.39, 0.29) is 5.91 Å². The Labute approximate surface area is 116 Å². The van der Waals surface area contributed by atoms with Crippen LogP contribution >= 0.6 is 0 Å². The standard InChI is InChI=1S/C16H13NO3/c18-15-14(11-8-4-5-9-12(11)17-15)13(16(19)20)10-6-2-1-3-7-10/h1-9,13-14H,(H,17,18)(H,19,20). The van der Waals surface area contributed by atoms with Gasteiger partial charge in [0.25, 0.3) is 0 Å². The Morgan fingerprint density at radius 2 is 1.70 bits per heavy atom. The summed E-state index contributed by atoms with van der Waals surface area (Å²) in [5, 5.41) is 12.3. The molecule has 4 heteroatoms. The van der Waals surface area contributed by atoms with Gasteiger partial charge in [-0.3, -0.25) is 9.59 Å². The Morgan fingerprint density at radius 3 is 2.40 bits per heavy atom. The van der Waals surface area contributed by atoms with Crippen molar-refractivity contribution >= 4 is 17.6 Å². The van der Waals surface area contributed by atoms with Crippen molar-refractivity contribution in [3.63, 3.8) is 0 Å². The van der Waals surface area contributed by atoms with Gasteiger partial charge in [0, 0.05) is 5.69 Å².